The molecule has 0 aliphatic heterocycles. The van der Waals surface area contributed by atoms with Crippen LogP contribution < -0.4 is 5.32 Å². The quantitative estimate of drug-likeness (QED) is 0.732. The lowest BCUT2D eigenvalue weighted by molar-refractivity contribution is 0.861. The highest BCUT2D eigenvalue weighted by molar-refractivity contribution is 5.23. The van der Waals surface area contributed by atoms with Gasteiger partial charge < -0.3 is 5.32 Å². The largest absolute Gasteiger partial charge is 0.354 e. The zero-order valence-electron chi connectivity index (χ0n) is 7.76. The molecule has 0 radical (unpaired) electrons. The van der Waals surface area contributed by atoms with Crippen LogP contribution in [0, 0.1) is 6.92 Å². The Morgan fingerprint density at radius 1 is 1.17 bits per heavy atom. The number of rotatable bonds is 3. The predicted molar refractivity (Wildman–Crippen MR) is 48.1 cm³/mol. The van der Waals surface area contributed by atoms with Crippen molar-refractivity contribution in [2.24, 2.45) is 0 Å². The van der Waals surface area contributed by atoms with E-state index >= 15 is 0 Å². The van der Waals surface area contributed by atoms with E-state index in [0.29, 0.717) is 5.95 Å². The molecule has 1 N–H and O–H groups in total. The molecular formula is C8H14N4. The molecule has 1 rings (SSSR count). The lowest BCUT2D eigenvalue weighted by Crippen LogP contribution is -2.07. The van der Waals surface area contributed by atoms with Crippen molar-refractivity contribution in [1.29, 1.82) is 0 Å². The fraction of sp³-hybridized carbons (Fsp3) is 0.625. The maximum Gasteiger partial charge on any atom is 0.226 e. The van der Waals surface area contributed by atoms with Crippen LogP contribution in [0.5, 0.6) is 0 Å². The minimum atomic E-state index is 0.682. The average molecular weight is 166 g/mol. The highest BCUT2D eigenvalue weighted by Gasteiger charge is 1.99. The van der Waals surface area contributed by atoms with Crippen molar-refractivity contribution < 1.29 is 0 Å². The molecule has 0 amide bonds. The van der Waals surface area contributed by atoms with Gasteiger partial charge in [0.1, 0.15) is 11.6 Å². The number of nitrogens with zero attached hydrogens (tertiary/aromatic N) is 3. The molecule has 0 aliphatic rings. The molecule has 4 heteroatoms. The minimum Gasteiger partial charge on any atom is -0.354 e. The third kappa shape index (κ3) is 2.15. The van der Waals surface area contributed by atoms with Crippen LogP contribution in [0.4, 0.5) is 5.95 Å². The normalized spacial score (nSPS) is 9.92. The Kier molecular flexibility index (Phi) is 2.96. The molecule has 66 valence electrons. The first kappa shape index (κ1) is 8.90. The van der Waals surface area contributed by atoms with Crippen LogP contribution in [0.3, 0.4) is 0 Å². The fourth-order valence-corrected chi connectivity index (χ4v) is 0.933. The molecule has 0 fully saturated rings. The van der Waals surface area contributed by atoms with E-state index in [0.717, 1.165) is 24.6 Å². The molecule has 0 spiro atoms. The molecule has 1 aromatic rings. The first-order chi connectivity index (χ1) is 5.76. The predicted octanol–water partition coefficient (Wildman–Crippen LogP) is 1.17. The smallest absolute Gasteiger partial charge is 0.226 e. The lowest BCUT2D eigenvalue weighted by Gasteiger charge is -2.03. The van der Waals surface area contributed by atoms with Crippen molar-refractivity contribution >= 4 is 5.95 Å². The molecule has 1 heterocycles. The summed E-state index contributed by atoms with van der Waals surface area (Å²) in [6.07, 6.45) is 0.849. The van der Waals surface area contributed by atoms with E-state index in [1.54, 1.807) is 0 Å². The SMILES string of the molecule is CCNc1nc(C)nc(CC)n1. The van der Waals surface area contributed by atoms with Gasteiger partial charge in [0.05, 0.1) is 0 Å². The van der Waals surface area contributed by atoms with Gasteiger partial charge in [0.15, 0.2) is 0 Å². The van der Waals surface area contributed by atoms with Gasteiger partial charge in [-0.3, -0.25) is 0 Å². The summed E-state index contributed by atoms with van der Waals surface area (Å²) in [5, 5.41) is 3.06. The molecule has 0 aliphatic carbocycles. The van der Waals surface area contributed by atoms with E-state index in [2.05, 4.69) is 20.3 Å². The Hall–Kier alpha value is -1.19. The van der Waals surface area contributed by atoms with Crippen LogP contribution in [0.2, 0.25) is 0 Å². The van der Waals surface area contributed by atoms with Gasteiger partial charge in [-0.05, 0) is 13.8 Å². The Balaban J connectivity index is 2.90. The summed E-state index contributed by atoms with van der Waals surface area (Å²) >= 11 is 0. The summed E-state index contributed by atoms with van der Waals surface area (Å²) < 4.78 is 0. The number of aromatic nitrogens is 3. The molecule has 0 saturated carbocycles. The van der Waals surface area contributed by atoms with Crippen LogP contribution in [-0.2, 0) is 6.42 Å². The van der Waals surface area contributed by atoms with Crippen molar-refractivity contribution in [3.8, 4) is 0 Å². The molecular weight excluding hydrogens is 152 g/mol. The molecule has 0 bridgehead atoms. The first-order valence-corrected chi connectivity index (χ1v) is 4.21. The van der Waals surface area contributed by atoms with E-state index in [1.807, 2.05) is 20.8 Å². The molecule has 0 aromatic carbocycles. The zero-order valence-corrected chi connectivity index (χ0v) is 7.76. The van der Waals surface area contributed by atoms with Crippen LogP contribution in [0.25, 0.3) is 0 Å². The number of aryl methyl sites for hydroxylation is 2. The van der Waals surface area contributed by atoms with Crippen molar-refractivity contribution in [3.05, 3.63) is 11.6 Å². The summed E-state index contributed by atoms with van der Waals surface area (Å²) in [6.45, 7) is 6.77. The van der Waals surface area contributed by atoms with Crippen LogP contribution in [0.15, 0.2) is 0 Å². The van der Waals surface area contributed by atoms with Crippen molar-refractivity contribution in [3.63, 3.8) is 0 Å². The van der Waals surface area contributed by atoms with Crippen molar-refractivity contribution in [1.82, 2.24) is 15.0 Å². The molecule has 0 saturated heterocycles. The minimum absolute atomic E-state index is 0.682. The lowest BCUT2D eigenvalue weighted by atomic mass is 10.4. The van der Waals surface area contributed by atoms with Crippen LogP contribution >= 0.6 is 0 Å². The van der Waals surface area contributed by atoms with Gasteiger partial charge in [-0.2, -0.15) is 9.97 Å². The second kappa shape index (κ2) is 3.99. The second-order valence-corrected chi connectivity index (χ2v) is 2.51. The Morgan fingerprint density at radius 2 is 1.92 bits per heavy atom. The summed E-state index contributed by atoms with van der Waals surface area (Å²) in [5.41, 5.74) is 0. The van der Waals surface area contributed by atoms with Crippen molar-refractivity contribution in [2.45, 2.75) is 27.2 Å². The van der Waals surface area contributed by atoms with Gasteiger partial charge in [-0.1, -0.05) is 6.92 Å². The van der Waals surface area contributed by atoms with E-state index < -0.39 is 0 Å². The van der Waals surface area contributed by atoms with Gasteiger partial charge in [0.25, 0.3) is 0 Å². The van der Waals surface area contributed by atoms with Gasteiger partial charge >= 0.3 is 0 Å². The van der Waals surface area contributed by atoms with Crippen LogP contribution in [0.1, 0.15) is 25.5 Å². The third-order valence-corrected chi connectivity index (χ3v) is 1.44. The van der Waals surface area contributed by atoms with Gasteiger partial charge in [0.2, 0.25) is 5.95 Å². The van der Waals surface area contributed by atoms with Crippen LogP contribution in [-0.4, -0.2) is 21.5 Å². The third-order valence-electron chi connectivity index (χ3n) is 1.44. The van der Waals surface area contributed by atoms with E-state index in [1.165, 1.54) is 0 Å². The second-order valence-electron chi connectivity index (χ2n) is 2.51. The summed E-state index contributed by atoms with van der Waals surface area (Å²) in [7, 11) is 0. The van der Waals surface area contributed by atoms with E-state index in [9.17, 15) is 0 Å². The average Bonchev–Trinajstić information content (AvgIpc) is 2.04. The molecule has 4 nitrogen and oxygen atoms in total. The Bertz CT molecular complexity index is 259. The first-order valence-electron chi connectivity index (χ1n) is 4.21. The monoisotopic (exact) mass is 166 g/mol. The van der Waals surface area contributed by atoms with Crippen molar-refractivity contribution in [2.75, 3.05) is 11.9 Å². The standard InChI is InChI=1S/C8H14N4/c1-4-7-10-6(3)11-8(12-7)9-5-2/h4-5H2,1-3H3,(H,9,10,11,12). The maximum absolute atomic E-state index is 4.21. The number of hydrogen-bond acceptors (Lipinski definition) is 4. The highest BCUT2D eigenvalue weighted by atomic mass is 15.1. The number of anilines is 1. The highest BCUT2D eigenvalue weighted by Crippen LogP contribution is 2.00. The Morgan fingerprint density at radius 3 is 2.50 bits per heavy atom. The topological polar surface area (TPSA) is 50.7 Å². The number of hydrogen-bond donors (Lipinski definition) is 1. The van der Waals surface area contributed by atoms with E-state index in [4.69, 9.17) is 0 Å². The maximum atomic E-state index is 4.21. The summed E-state index contributed by atoms with van der Waals surface area (Å²) in [4.78, 5) is 12.5. The van der Waals surface area contributed by atoms with Gasteiger partial charge in [0, 0.05) is 13.0 Å². The zero-order chi connectivity index (χ0) is 8.97. The summed E-state index contributed by atoms with van der Waals surface area (Å²) in [5.74, 6) is 2.30. The molecule has 12 heavy (non-hydrogen) atoms. The molecule has 0 atom stereocenters. The van der Waals surface area contributed by atoms with Gasteiger partial charge in [-0.25, -0.2) is 4.98 Å². The number of nitrogens with one attached hydrogen (secondary N) is 1. The summed E-state index contributed by atoms with van der Waals surface area (Å²) in [6, 6.07) is 0. The van der Waals surface area contributed by atoms with Gasteiger partial charge in [-0.15, -0.1) is 0 Å². The molecule has 1 aromatic heterocycles. The fourth-order valence-electron chi connectivity index (χ4n) is 0.933. The van der Waals surface area contributed by atoms with E-state index in [-0.39, 0.29) is 0 Å². The molecule has 0 unspecified atom stereocenters. The Labute approximate surface area is 72.5 Å².